The SMILES string of the molecule is COc1ccc(-c2c3nc(c(-c4ccccc4)c4ccc([nH]4)c(-c4ccc(C(C)(C)C)cc4)c4nc(c(-c5ccc(C)cc5)c5ccc2[nH]5)C=C4)C=C3)cc1. The molecule has 0 fully saturated rings. The molecule has 5 heterocycles. The Balaban J connectivity index is 1.44. The molecule has 0 amide bonds. The van der Waals surface area contributed by atoms with Crippen molar-refractivity contribution in [1.82, 2.24) is 19.9 Å². The number of ether oxygens (including phenoxy) is 1. The monoisotopic (exact) mass is 714 g/mol. The number of aromatic amines is 2. The minimum Gasteiger partial charge on any atom is -0.497 e. The van der Waals surface area contributed by atoms with Crippen molar-refractivity contribution in [2.24, 2.45) is 0 Å². The lowest BCUT2D eigenvalue weighted by molar-refractivity contribution is 0.415. The third-order valence-corrected chi connectivity index (χ3v) is 10.6. The lowest BCUT2D eigenvalue weighted by Gasteiger charge is -2.19. The number of methoxy groups -OCH3 is 1. The van der Waals surface area contributed by atoms with Gasteiger partial charge in [-0.3, -0.25) is 0 Å². The Morgan fingerprint density at radius 1 is 0.436 bits per heavy atom. The molecule has 5 nitrogen and oxygen atoms in total. The minimum atomic E-state index is 0.0391. The van der Waals surface area contributed by atoms with Gasteiger partial charge in [-0.1, -0.05) is 117 Å². The summed E-state index contributed by atoms with van der Waals surface area (Å²) in [5.41, 5.74) is 18.4. The van der Waals surface area contributed by atoms with Crippen molar-refractivity contribution in [3.63, 3.8) is 0 Å². The maximum absolute atomic E-state index is 5.54. The van der Waals surface area contributed by atoms with Gasteiger partial charge in [0.25, 0.3) is 0 Å². The number of rotatable bonds is 5. The average molecular weight is 715 g/mol. The largest absolute Gasteiger partial charge is 0.497 e. The van der Waals surface area contributed by atoms with Crippen LogP contribution in [-0.4, -0.2) is 27.0 Å². The summed E-state index contributed by atoms with van der Waals surface area (Å²) in [6, 6.07) is 45.0. The average Bonchev–Trinajstić information content (AvgIpc) is 4.04. The molecule has 55 heavy (non-hydrogen) atoms. The van der Waals surface area contributed by atoms with Crippen molar-refractivity contribution >= 4 is 46.4 Å². The Kier molecular flexibility index (Phi) is 8.43. The zero-order valence-electron chi connectivity index (χ0n) is 31.7. The molecule has 2 aliphatic rings. The van der Waals surface area contributed by atoms with E-state index in [0.29, 0.717) is 0 Å². The van der Waals surface area contributed by atoms with Crippen molar-refractivity contribution in [2.45, 2.75) is 33.1 Å². The molecule has 2 aliphatic heterocycles. The van der Waals surface area contributed by atoms with Crippen molar-refractivity contribution in [3.8, 4) is 50.3 Å². The molecule has 0 radical (unpaired) electrons. The van der Waals surface area contributed by atoms with Crippen LogP contribution in [0.5, 0.6) is 5.75 Å². The molecule has 8 bridgehead atoms. The van der Waals surface area contributed by atoms with Crippen LogP contribution in [-0.2, 0) is 5.41 Å². The van der Waals surface area contributed by atoms with Crippen LogP contribution in [0.4, 0.5) is 0 Å². The molecule has 0 saturated carbocycles. The molecule has 9 rings (SSSR count). The van der Waals surface area contributed by atoms with Gasteiger partial charge in [0.1, 0.15) is 5.75 Å². The molecular weight excluding hydrogens is 673 g/mol. The van der Waals surface area contributed by atoms with Crippen LogP contribution in [0.1, 0.15) is 54.7 Å². The first-order valence-electron chi connectivity index (χ1n) is 18.8. The van der Waals surface area contributed by atoms with Gasteiger partial charge in [-0.25, -0.2) is 9.97 Å². The number of hydrogen-bond acceptors (Lipinski definition) is 3. The summed E-state index contributed by atoms with van der Waals surface area (Å²) in [6.45, 7) is 8.87. The third-order valence-electron chi connectivity index (χ3n) is 10.6. The molecule has 3 aromatic heterocycles. The van der Waals surface area contributed by atoms with Gasteiger partial charge < -0.3 is 14.7 Å². The maximum Gasteiger partial charge on any atom is 0.118 e. The van der Waals surface area contributed by atoms with E-state index in [0.717, 1.165) is 95.1 Å². The number of fused-ring (bicyclic) bond motifs is 8. The zero-order valence-corrected chi connectivity index (χ0v) is 31.7. The number of aryl methyl sites for hydroxylation is 1. The molecule has 5 heteroatoms. The van der Waals surface area contributed by atoms with Crippen LogP contribution in [0.2, 0.25) is 0 Å². The molecule has 0 unspecified atom stereocenters. The highest BCUT2D eigenvalue weighted by molar-refractivity contribution is 5.99. The number of aromatic nitrogens is 4. The number of nitrogens with one attached hydrogen (secondary N) is 2. The van der Waals surface area contributed by atoms with Gasteiger partial charge in [0.05, 0.1) is 29.9 Å². The molecular formula is C50H42N4O. The molecule has 0 aliphatic carbocycles. The second-order valence-electron chi connectivity index (χ2n) is 15.3. The summed E-state index contributed by atoms with van der Waals surface area (Å²) in [7, 11) is 1.69. The second kappa shape index (κ2) is 13.6. The Hall–Kier alpha value is -6.72. The standard InChI is InChI=1S/C50H42N4O/c1-31-11-13-33(14-12-31)47-40-27-29-43(53-40)48(34-15-19-36(20-16-34)50(2,3)4)42-25-23-38(51-42)46(32-9-7-6-8-10-32)39-24-26-44(52-39)49(45-30-28-41(47)54-45)35-17-21-37(55-5)22-18-35/h6-30,51,54H,1-5H3. The number of hydrogen-bond donors (Lipinski definition) is 2. The molecule has 0 spiro atoms. The van der Waals surface area contributed by atoms with E-state index in [-0.39, 0.29) is 5.41 Å². The van der Waals surface area contributed by atoms with E-state index in [4.69, 9.17) is 14.7 Å². The molecule has 268 valence electrons. The van der Waals surface area contributed by atoms with E-state index in [1.165, 1.54) is 11.1 Å². The summed E-state index contributed by atoms with van der Waals surface area (Å²) >= 11 is 0. The highest BCUT2D eigenvalue weighted by Crippen LogP contribution is 2.39. The fraction of sp³-hybridized carbons (Fsp3) is 0.120. The van der Waals surface area contributed by atoms with Gasteiger partial charge in [-0.2, -0.15) is 0 Å². The maximum atomic E-state index is 5.54. The minimum absolute atomic E-state index is 0.0391. The van der Waals surface area contributed by atoms with Crippen molar-refractivity contribution < 1.29 is 4.74 Å². The van der Waals surface area contributed by atoms with Gasteiger partial charge in [0.15, 0.2) is 0 Å². The van der Waals surface area contributed by atoms with Crippen LogP contribution in [0.15, 0.2) is 127 Å². The van der Waals surface area contributed by atoms with Gasteiger partial charge in [0.2, 0.25) is 0 Å². The van der Waals surface area contributed by atoms with E-state index in [1.807, 2.05) is 12.1 Å². The van der Waals surface area contributed by atoms with Crippen LogP contribution in [0.3, 0.4) is 0 Å². The Labute approximate surface area is 321 Å². The number of benzene rings is 4. The van der Waals surface area contributed by atoms with E-state index in [1.54, 1.807) is 7.11 Å². The normalized spacial score (nSPS) is 12.3. The first kappa shape index (κ1) is 34.1. The number of H-pyrrole nitrogens is 2. The van der Waals surface area contributed by atoms with Crippen molar-refractivity contribution in [1.29, 1.82) is 0 Å². The molecule has 7 aromatic rings. The summed E-state index contributed by atoms with van der Waals surface area (Å²) < 4.78 is 5.54. The topological polar surface area (TPSA) is 66.6 Å². The first-order valence-corrected chi connectivity index (χ1v) is 18.8. The summed E-state index contributed by atoms with van der Waals surface area (Å²) in [6.07, 6.45) is 8.56. The van der Waals surface area contributed by atoms with Gasteiger partial charge in [0, 0.05) is 44.3 Å². The highest BCUT2D eigenvalue weighted by Gasteiger charge is 2.20. The Morgan fingerprint density at radius 3 is 1.18 bits per heavy atom. The Bertz CT molecular complexity index is 2790. The second-order valence-corrected chi connectivity index (χ2v) is 15.3. The molecule has 0 saturated heterocycles. The predicted octanol–water partition coefficient (Wildman–Crippen LogP) is 12.9. The fourth-order valence-electron chi connectivity index (χ4n) is 7.64. The van der Waals surface area contributed by atoms with E-state index in [9.17, 15) is 0 Å². The molecule has 4 aromatic carbocycles. The summed E-state index contributed by atoms with van der Waals surface area (Å²) in [5.74, 6) is 0.803. The van der Waals surface area contributed by atoms with Gasteiger partial charge >= 0.3 is 0 Å². The fourth-order valence-corrected chi connectivity index (χ4v) is 7.64. The highest BCUT2D eigenvalue weighted by atomic mass is 16.5. The lowest BCUT2D eigenvalue weighted by Crippen LogP contribution is -2.10. The van der Waals surface area contributed by atoms with Crippen molar-refractivity contribution in [2.75, 3.05) is 7.11 Å². The van der Waals surface area contributed by atoms with Gasteiger partial charge in [-0.15, -0.1) is 0 Å². The van der Waals surface area contributed by atoms with E-state index < -0.39 is 0 Å². The number of nitrogens with zero attached hydrogens (tertiary/aromatic N) is 2. The zero-order chi connectivity index (χ0) is 37.7. The Morgan fingerprint density at radius 2 is 0.800 bits per heavy atom. The van der Waals surface area contributed by atoms with Crippen LogP contribution in [0.25, 0.3) is 90.9 Å². The quantitative estimate of drug-likeness (QED) is 0.186. The van der Waals surface area contributed by atoms with Crippen LogP contribution < -0.4 is 4.74 Å². The smallest absolute Gasteiger partial charge is 0.118 e. The summed E-state index contributed by atoms with van der Waals surface area (Å²) in [5, 5.41) is 0. The third kappa shape index (κ3) is 6.38. The van der Waals surface area contributed by atoms with Crippen LogP contribution >= 0.6 is 0 Å². The summed E-state index contributed by atoms with van der Waals surface area (Å²) in [4.78, 5) is 18.5. The predicted molar refractivity (Wildman–Crippen MR) is 231 cm³/mol. The lowest BCUT2D eigenvalue weighted by atomic mass is 9.86. The van der Waals surface area contributed by atoms with E-state index in [2.05, 4.69) is 177 Å². The van der Waals surface area contributed by atoms with E-state index >= 15 is 0 Å². The van der Waals surface area contributed by atoms with Crippen molar-refractivity contribution in [3.05, 3.63) is 161 Å². The van der Waals surface area contributed by atoms with Gasteiger partial charge in [-0.05, 0) is 101 Å². The van der Waals surface area contributed by atoms with Crippen LogP contribution in [0, 0.1) is 6.92 Å². The molecule has 2 N–H and O–H groups in total. The molecule has 0 atom stereocenters. The first-order chi connectivity index (χ1) is 26.7.